The largest absolute Gasteiger partial charge is 0.490 e. The van der Waals surface area contributed by atoms with Crippen molar-refractivity contribution in [2.75, 3.05) is 18.5 Å². The lowest BCUT2D eigenvalue weighted by molar-refractivity contribution is -0.127. The first-order valence-electron chi connectivity index (χ1n) is 11.4. The van der Waals surface area contributed by atoms with E-state index in [-0.39, 0.29) is 4.91 Å². The third kappa shape index (κ3) is 6.94. The number of nitrogens with zero attached hydrogens (tertiary/aromatic N) is 1. The number of nitrogens with one attached hydrogen (secondary N) is 1. The summed E-state index contributed by atoms with van der Waals surface area (Å²) in [5, 5.41) is 2.60. The number of halogens is 3. The maximum Gasteiger partial charge on any atom is 0.294 e. The maximum absolute atomic E-state index is 13.1. The van der Waals surface area contributed by atoms with Crippen LogP contribution in [0.1, 0.15) is 18.1 Å². The highest BCUT2D eigenvalue weighted by molar-refractivity contribution is 9.10. The van der Waals surface area contributed by atoms with E-state index in [9.17, 15) is 18.8 Å². The van der Waals surface area contributed by atoms with Crippen LogP contribution in [0.15, 0.2) is 70.0 Å². The number of carbonyl (C=O) groups excluding carboxylic acids is 3. The van der Waals surface area contributed by atoms with Crippen LogP contribution < -0.4 is 14.8 Å². The van der Waals surface area contributed by atoms with Crippen molar-refractivity contribution in [3.63, 3.8) is 0 Å². The van der Waals surface area contributed by atoms with Crippen molar-refractivity contribution in [3.05, 3.63) is 92.0 Å². The van der Waals surface area contributed by atoms with Crippen molar-refractivity contribution in [2.45, 2.75) is 13.5 Å². The first-order chi connectivity index (χ1) is 18.2. The molecule has 1 heterocycles. The molecule has 1 fully saturated rings. The topological polar surface area (TPSA) is 84.9 Å². The van der Waals surface area contributed by atoms with Crippen LogP contribution in [0.3, 0.4) is 0 Å². The van der Waals surface area contributed by atoms with E-state index in [1.807, 2.05) is 19.1 Å². The molecule has 196 valence electrons. The van der Waals surface area contributed by atoms with E-state index in [1.165, 1.54) is 24.3 Å². The number of imide groups is 1. The molecule has 1 aliphatic rings. The lowest BCUT2D eigenvalue weighted by atomic mass is 10.1. The smallest absolute Gasteiger partial charge is 0.294 e. The van der Waals surface area contributed by atoms with Gasteiger partial charge in [0.15, 0.2) is 11.5 Å². The lowest BCUT2D eigenvalue weighted by Gasteiger charge is -2.14. The predicted octanol–water partition coefficient (Wildman–Crippen LogP) is 6.89. The van der Waals surface area contributed by atoms with Gasteiger partial charge in [-0.05, 0) is 84.4 Å². The average Bonchev–Trinajstić information content (AvgIpc) is 3.14. The molecule has 0 aliphatic carbocycles. The van der Waals surface area contributed by atoms with Crippen LogP contribution in [0.2, 0.25) is 5.02 Å². The van der Waals surface area contributed by atoms with Gasteiger partial charge in [-0.25, -0.2) is 4.39 Å². The van der Waals surface area contributed by atoms with Gasteiger partial charge in [0.05, 0.1) is 11.5 Å². The van der Waals surface area contributed by atoms with Crippen molar-refractivity contribution in [1.82, 2.24) is 4.90 Å². The van der Waals surface area contributed by atoms with Gasteiger partial charge in [-0.15, -0.1) is 0 Å². The summed E-state index contributed by atoms with van der Waals surface area (Å²) in [5.41, 5.74) is 1.87. The summed E-state index contributed by atoms with van der Waals surface area (Å²) < 4.78 is 25.4. The van der Waals surface area contributed by atoms with Gasteiger partial charge in [0.1, 0.15) is 19.0 Å². The predicted molar refractivity (Wildman–Crippen MR) is 149 cm³/mol. The van der Waals surface area contributed by atoms with E-state index in [0.717, 1.165) is 22.2 Å². The van der Waals surface area contributed by atoms with Crippen LogP contribution in [0.4, 0.5) is 14.9 Å². The molecule has 0 aromatic heterocycles. The molecule has 1 saturated heterocycles. The van der Waals surface area contributed by atoms with E-state index in [0.29, 0.717) is 45.5 Å². The van der Waals surface area contributed by atoms with Crippen molar-refractivity contribution >= 4 is 68.1 Å². The second-order valence-corrected chi connectivity index (χ2v) is 10.3. The van der Waals surface area contributed by atoms with E-state index in [4.69, 9.17) is 21.1 Å². The van der Waals surface area contributed by atoms with Gasteiger partial charge in [-0.3, -0.25) is 19.3 Å². The molecular weight excluding hydrogens is 599 g/mol. The number of benzene rings is 3. The summed E-state index contributed by atoms with van der Waals surface area (Å²) in [6.45, 7) is 2.05. The zero-order chi connectivity index (χ0) is 27.2. The van der Waals surface area contributed by atoms with Crippen molar-refractivity contribution < 1.29 is 28.2 Å². The van der Waals surface area contributed by atoms with Crippen LogP contribution in [0, 0.1) is 5.82 Å². The Morgan fingerprint density at radius 2 is 1.76 bits per heavy atom. The summed E-state index contributed by atoms with van der Waals surface area (Å²) in [6, 6.07) is 15.9. The number of hydrogen-bond acceptors (Lipinski definition) is 6. The van der Waals surface area contributed by atoms with Gasteiger partial charge in [-0.2, -0.15) is 0 Å². The Morgan fingerprint density at radius 3 is 2.45 bits per heavy atom. The van der Waals surface area contributed by atoms with Crippen LogP contribution in [0.5, 0.6) is 11.5 Å². The molecule has 4 rings (SSSR count). The molecule has 11 heteroatoms. The normalized spacial score (nSPS) is 14.2. The second kappa shape index (κ2) is 12.5. The Balaban J connectivity index is 1.48. The van der Waals surface area contributed by atoms with E-state index in [2.05, 4.69) is 21.2 Å². The quantitative estimate of drug-likeness (QED) is 0.263. The highest BCUT2D eigenvalue weighted by Crippen LogP contribution is 2.38. The number of carbonyl (C=O) groups is 3. The zero-order valence-electron chi connectivity index (χ0n) is 20.0. The fraction of sp³-hybridized carbons (Fsp3) is 0.148. The van der Waals surface area contributed by atoms with Crippen LogP contribution in [-0.4, -0.2) is 35.1 Å². The molecule has 1 N–H and O–H groups in total. The molecule has 3 aromatic carbocycles. The molecular formula is C27H21BrClFN2O5S. The number of anilines is 1. The van der Waals surface area contributed by atoms with Gasteiger partial charge in [0.25, 0.3) is 11.1 Å². The molecule has 0 saturated carbocycles. The van der Waals surface area contributed by atoms with Crippen LogP contribution in [-0.2, 0) is 16.2 Å². The van der Waals surface area contributed by atoms with Gasteiger partial charge >= 0.3 is 0 Å². The molecule has 3 aromatic rings. The zero-order valence-corrected chi connectivity index (χ0v) is 23.2. The lowest BCUT2D eigenvalue weighted by Crippen LogP contribution is -2.36. The van der Waals surface area contributed by atoms with Gasteiger partial charge in [-0.1, -0.05) is 39.7 Å². The third-order valence-corrected chi connectivity index (χ3v) is 7.11. The summed E-state index contributed by atoms with van der Waals surface area (Å²) in [4.78, 5) is 38.8. The SMILES string of the molecule is CCOc1cc(/C=C2\SC(=O)N(CC(=O)Nc3ccc(F)cc3)C2=O)c(Br)cc1OCc1ccc(Cl)cc1. The standard InChI is InChI=1S/C27H21BrClFN2O5S/c1-2-36-22-11-17(21(28)13-23(22)37-15-16-3-5-18(29)6-4-16)12-24-26(34)32(27(35)38-24)14-25(33)31-20-9-7-19(30)8-10-20/h3-13H,2,14-15H2,1H3,(H,31,33)/b24-12-. The number of hydrogen-bond donors (Lipinski definition) is 1. The minimum Gasteiger partial charge on any atom is -0.490 e. The molecule has 1 aliphatic heterocycles. The van der Waals surface area contributed by atoms with Crippen LogP contribution in [0.25, 0.3) is 6.08 Å². The number of ether oxygens (including phenoxy) is 2. The minimum absolute atomic E-state index is 0.155. The van der Waals surface area contributed by atoms with Gasteiger partial charge < -0.3 is 14.8 Å². The molecule has 0 spiro atoms. The highest BCUT2D eigenvalue weighted by Gasteiger charge is 2.36. The van der Waals surface area contributed by atoms with Crippen molar-refractivity contribution in [2.24, 2.45) is 0 Å². The number of amides is 3. The van der Waals surface area contributed by atoms with Crippen molar-refractivity contribution in [3.8, 4) is 11.5 Å². The molecule has 0 bridgehead atoms. The minimum atomic E-state index is -0.595. The first-order valence-corrected chi connectivity index (χ1v) is 13.4. The summed E-state index contributed by atoms with van der Waals surface area (Å²) in [5.74, 6) is -0.659. The summed E-state index contributed by atoms with van der Waals surface area (Å²) in [6.07, 6.45) is 1.55. The fourth-order valence-electron chi connectivity index (χ4n) is 3.44. The average molecular weight is 620 g/mol. The van der Waals surface area contributed by atoms with Crippen molar-refractivity contribution in [1.29, 1.82) is 0 Å². The molecule has 0 unspecified atom stereocenters. The fourth-order valence-corrected chi connectivity index (χ4v) is 4.83. The van der Waals surface area contributed by atoms with E-state index >= 15 is 0 Å². The Labute approximate surface area is 236 Å². The molecule has 7 nitrogen and oxygen atoms in total. The summed E-state index contributed by atoms with van der Waals surface area (Å²) >= 11 is 10.2. The third-order valence-electron chi connectivity index (χ3n) is 5.26. The van der Waals surface area contributed by atoms with Gasteiger partial charge in [0, 0.05) is 15.2 Å². The molecule has 0 radical (unpaired) electrons. The Kier molecular flexibility index (Phi) is 9.09. The van der Waals surface area contributed by atoms with E-state index < -0.39 is 29.4 Å². The summed E-state index contributed by atoms with van der Waals surface area (Å²) in [7, 11) is 0. The maximum atomic E-state index is 13.1. The van der Waals surface area contributed by atoms with E-state index in [1.54, 1.807) is 30.3 Å². The Hall–Kier alpha value is -3.34. The molecule has 3 amide bonds. The number of thioether (sulfide) groups is 1. The monoisotopic (exact) mass is 618 g/mol. The highest BCUT2D eigenvalue weighted by atomic mass is 79.9. The van der Waals surface area contributed by atoms with Gasteiger partial charge in [0.2, 0.25) is 5.91 Å². The second-order valence-electron chi connectivity index (χ2n) is 7.99. The molecule has 38 heavy (non-hydrogen) atoms. The first kappa shape index (κ1) is 27.7. The Morgan fingerprint density at radius 1 is 1.08 bits per heavy atom. The Bertz CT molecular complexity index is 1400. The number of rotatable bonds is 9. The van der Waals surface area contributed by atoms with Crippen LogP contribution >= 0.6 is 39.3 Å². The molecule has 0 atom stereocenters.